The van der Waals surface area contributed by atoms with E-state index in [1.807, 2.05) is 25.1 Å². The van der Waals surface area contributed by atoms with E-state index >= 15 is 0 Å². The summed E-state index contributed by atoms with van der Waals surface area (Å²) in [7, 11) is -3.63. The number of nitrogens with zero attached hydrogens (tertiary/aromatic N) is 1. The SMILES string of the molecule is Cc1cc(S(=O)(=O)Cc2cccc(C(N)=O)c2)nc2ccccc12. The number of amides is 1. The van der Waals surface area contributed by atoms with Crippen molar-refractivity contribution >= 4 is 26.6 Å². The monoisotopic (exact) mass is 340 g/mol. The van der Waals surface area contributed by atoms with Gasteiger partial charge in [-0.25, -0.2) is 13.4 Å². The first-order valence-electron chi connectivity index (χ1n) is 7.35. The topological polar surface area (TPSA) is 90.1 Å². The van der Waals surface area contributed by atoms with Crippen LogP contribution in [0.5, 0.6) is 0 Å². The van der Waals surface area contributed by atoms with E-state index in [1.54, 1.807) is 30.3 Å². The van der Waals surface area contributed by atoms with Crippen LogP contribution in [0.4, 0.5) is 0 Å². The molecular weight excluding hydrogens is 324 g/mol. The summed E-state index contributed by atoms with van der Waals surface area (Å²) in [5.41, 5.74) is 7.51. The fourth-order valence-electron chi connectivity index (χ4n) is 2.59. The van der Waals surface area contributed by atoms with Crippen LogP contribution in [-0.2, 0) is 15.6 Å². The molecular formula is C18H16N2O3S. The highest BCUT2D eigenvalue weighted by atomic mass is 32.2. The molecule has 0 bridgehead atoms. The molecule has 1 heterocycles. The number of carbonyl (C=O) groups is 1. The van der Waals surface area contributed by atoms with Gasteiger partial charge < -0.3 is 5.73 Å². The van der Waals surface area contributed by atoms with Crippen LogP contribution in [0.1, 0.15) is 21.5 Å². The number of pyridine rings is 1. The highest BCUT2D eigenvalue weighted by molar-refractivity contribution is 7.90. The van der Waals surface area contributed by atoms with Gasteiger partial charge in [0, 0.05) is 10.9 Å². The Hall–Kier alpha value is -2.73. The van der Waals surface area contributed by atoms with Crippen LogP contribution < -0.4 is 5.73 Å². The van der Waals surface area contributed by atoms with E-state index in [9.17, 15) is 13.2 Å². The number of benzene rings is 2. The van der Waals surface area contributed by atoms with Crippen molar-refractivity contribution in [3.8, 4) is 0 Å². The molecule has 0 aliphatic rings. The Labute approximate surface area is 140 Å². The highest BCUT2D eigenvalue weighted by Crippen LogP contribution is 2.22. The van der Waals surface area contributed by atoms with Crippen molar-refractivity contribution < 1.29 is 13.2 Å². The van der Waals surface area contributed by atoms with Gasteiger partial charge in [0.15, 0.2) is 14.9 Å². The van der Waals surface area contributed by atoms with Crippen molar-refractivity contribution in [2.45, 2.75) is 17.7 Å². The summed E-state index contributed by atoms with van der Waals surface area (Å²) < 4.78 is 25.4. The second kappa shape index (κ2) is 6.05. The number of rotatable bonds is 4. The first-order valence-corrected chi connectivity index (χ1v) is 9.00. The van der Waals surface area contributed by atoms with Crippen LogP contribution in [0, 0.1) is 6.92 Å². The van der Waals surface area contributed by atoms with E-state index in [0.29, 0.717) is 11.1 Å². The molecule has 0 saturated heterocycles. The zero-order chi connectivity index (χ0) is 17.3. The fourth-order valence-corrected chi connectivity index (χ4v) is 3.95. The predicted molar refractivity (Wildman–Crippen MR) is 92.3 cm³/mol. The van der Waals surface area contributed by atoms with Crippen molar-refractivity contribution in [2.75, 3.05) is 0 Å². The summed E-state index contributed by atoms with van der Waals surface area (Å²) in [6.45, 7) is 1.86. The van der Waals surface area contributed by atoms with Gasteiger partial charge in [0.2, 0.25) is 5.91 Å². The molecule has 2 N–H and O–H groups in total. The van der Waals surface area contributed by atoms with Gasteiger partial charge in [-0.3, -0.25) is 4.79 Å². The molecule has 0 fully saturated rings. The van der Waals surface area contributed by atoms with Crippen LogP contribution >= 0.6 is 0 Å². The standard InChI is InChI=1S/C18H16N2O3S/c1-12-9-17(20-16-8-3-2-7-15(12)16)24(22,23)11-13-5-4-6-14(10-13)18(19)21/h2-10H,11H2,1H3,(H2,19,21). The molecule has 24 heavy (non-hydrogen) atoms. The molecule has 1 aromatic heterocycles. The zero-order valence-corrected chi connectivity index (χ0v) is 13.9. The number of primary amides is 1. The molecule has 1 amide bonds. The van der Waals surface area contributed by atoms with Crippen LogP contribution in [0.2, 0.25) is 0 Å². The molecule has 0 unspecified atom stereocenters. The lowest BCUT2D eigenvalue weighted by Gasteiger charge is -2.08. The molecule has 0 atom stereocenters. The van der Waals surface area contributed by atoms with Crippen LogP contribution in [0.25, 0.3) is 10.9 Å². The molecule has 3 rings (SSSR count). The predicted octanol–water partition coefficient (Wildman–Crippen LogP) is 2.62. The number of para-hydroxylation sites is 1. The van der Waals surface area contributed by atoms with Crippen molar-refractivity contribution in [3.05, 3.63) is 71.3 Å². The van der Waals surface area contributed by atoms with Gasteiger partial charge >= 0.3 is 0 Å². The van der Waals surface area contributed by atoms with Gasteiger partial charge in [0.25, 0.3) is 0 Å². The minimum absolute atomic E-state index is 0.0307. The Morgan fingerprint density at radius 3 is 2.58 bits per heavy atom. The molecule has 6 heteroatoms. The first kappa shape index (κ1) is 16.1. The summed E-state index contributed by atoms with van der Waals surface area (Å²) >= 11 is 0. The first-order chi connectivity index (χ1) is 11.4. The Kier molecular flexibility index (Phi) is 4.07. The normalized spacial score (nSPS) is 11.5. The summed E-state index contributed by atoms with van der Waals surface area (Å²) in [5, 5.41) is 0.954. The second-order valence-corrected chi connectivity index (χ2v) is 7.55. The molecule has 0 aliphatic heterocycles. The third-order valence-electron chi connectivity index (χ3n) is 3.79. The third kappa shape index (κ3) is 3.14. The molecule has 0 saturated carbocycles. The summed E-state index contributed by atoms with van der Waals surface area (Å²) in [4.78, 5) is 15.5. The van der Waals surface area contributed by atoms with Crippen LogP contribution in [-0.4, -0.2) is 19.3 Å². The van der Waals surface area contributed by atoms with E-state index in [0.717, 1.165) is 10.9 Å². The van der Waals surface area contributed by atoms with Gasteiger partial charge in [-0.15, -0.1) is 0 Å². The Bertz CT molecular complexity index is 1040. The van der Waals surface area contributed by atoms with Gasteiger partial charge in [-0.2, -0.15) is 0 Å². The lowest BCUT2D eigenvalue weighted by molar-refractivity contribution is 0.1000. The average molecular weight is 340 g/mol. The average Bonchev–Trinajstić information content (AvgIpc) is 2.54. The number of nitrogens with two attached hydrogens (primary N) is 1. The minimum Gasteiger partial charge on any atom is -0.366 e. The van der Waals surface area contributed by atoms with Crippen molar-refractivity contribution in [1.82, 2.24) is 4.98 Å². The molecule has 0 aliphatic carbocycles. The number of sulfone groups is 1. The number of aryl methyl sites for hydroxylation is 1. The molecule has 0 spiro atoms. The molecule has 2 aromatic carbocycles. The van der Waals surface area contributed by atoms with Gasteiger partial charge in [-0.05, 0) is 42.3 Å². The molecule has 0 radical (unpaired) electrons. The smallest absolute Gasteiger partial charge is 0.248 e. The number of carbonyl (C=O) groups excluding carboxylic acids is 1. The maximum atomic E-state index is 12.7. The zero-order valence-electron chi connectivity index (χ0n) is 13.1. The number of aromatic nitrogens is 1. The van der Waals surface area contributed by atoms with Crippen molar-refractivity contribution in [2.24, 2.45) is 5.73 Å². The Morgan fingerprint density at radius 1 is 1.08 bits per heavy atom. The summed E-state index contributed by atoms with van der Waals surface area (Å²) in [6.07, 6.45) is 0. The Morgan fingerprint density at radius 2 is 1.83 bits per heavy atom. The van der Waals surface area contributed by atoms with Crippen molar-refractivity contribution in [1.29, 1.82) is 0 Å². The second-order valence-electron chi connectivity index (χ2n) is 5.62. The van der Waals surface area contributed by atoms with Crippen LogP contribution in [0.3, 0.4) is 0 Å². The highest BCUT2D eigenvalue weighted by Gasteiger charge is 2.19. The van der Waals surface area contributed by atoms with E-state index in [1.165, 1.54) is 6.07 Å². The number of hydrogen-bond donors (Lipinski definition) is 1. The van der Waals surface area contributed by atoms with E-state index < -0.39 is 15.7 Å². The largest absolute Gasteiger partial charge is 0.366 e. The number of hydrogen-bond acceptors (Lipinski definition) is 4. The quantitative estimate of drug-likeness (QED) is 0.790. The maximum absolute atomic E-state index is 12.7. The van der Waals surface area contributed by atoms with E-state index in [4.69, 9.17) is 5.73 Å². The molecule has 3 aromatic rings. The lowest BCUT2D eigenvalue weighted by Crippen LogP contribution is -2.12. The maximum Gasteiger partial charge on any atom is 0.248 e. The van der Waals surface area contributed by atoms with Gasteiger partial charge in [0.05, 0.1) is 11.3 Å². The van der Waals surface area contributed by atoms with Gasteiger partial charge in [0.1, 0.15) is 0 Å². The van der Waals surface area contributed by atoms with E-state index in [2.05, 4.69) is 4.98 Å². The fraction of sp³-hybridized carbons (Fsp3) is 0.111. The van der Waals surface area contributed by atoms with Crippen molar-refractivity contribution in [3.63, 3.8) is 0 Å². The summed E-state index contributed by atoms with van der Waals surface area (Å²) in [6, 6.07) is 15.3. The van der Waals surface area contributed by atoms with E-state index in [-0.39, 0.29) is 16.3 Å². The Balaban J connectivity index is 2.02. The van der Waals surface area contributed by atoms with Gasteiger partial charge in [-0.1, -0.05) is 30.3 Å². The minimum atomic E-state index is -3.63. The van der Waals surface area contributed by atoms with Crippen LogP contribution in [0.15, 0.2) is 59.6 Å². The molecule has 5 nitrogen and oxygen atoms in total. The third-order valence-corrected chi connectivity index (χ3v) is 5.35. The summed E-state index contributed by atoms with van der Waals surface area (Å²) in [5.74, 6) is -0.826. The number of fused-ring (bicyclic) bond motifs is 1. The lowest BCUT2D eigenvalue weighted by atomic mass is 10.1. The molecule has 122 valence electrons.